The molecule has 0 spiro atoms. The molecule has 1 saturated carbocycles. The molecule has 0 amide bonds. The van der Waals surface area contributed by atoms with Crippen LogP contribution in [0.4, 0.5) is 4.79 Å². The molecule has 2 fully saturated rings. The van der Waals surface area contributed by atoms with Crippen molar-refractivity contribution in [2.24, 2.45) is 0 Å². The highest BCUT2D eigenvalue weighted by Gasteiger charge is 2.37. The Morgan fingerprint density at radius 1 is 1.05 bits per heavy atom. The second-order valence-electron chi connectivity index (χ2n) is 12.6. The van der Waals surface area contributed by atoms with Crippen molar-refractivity contribution < 1.29 is 14.3 Å². The third-order valence-electron chi connectivity index (χ3n) is 8.79. The quantitative estimate of drug-likeness (QED) is 0.405. The lowest BCUT2D eigenvalue weighted by Gasteiger charge is -2.45. The molecule has 1 aliphatic heterocycles. The van der Waals surface area contributed by atoms with Crippen LogP contribution in [0.5, 0.6) is 0 Å². The van der Waals surface area contributed by atoms with Crippen LogP contribution in [0.3, 0.4) is 0 Å². The molecule has 0 bridgehead atoms. The number of carbonyl (C=O) groups excluding carboxylic acids is 1. The monoisotopic (exact) mass is 545 g/mol. The summed E-state index contributed by atoms with van der Waals surface area (Å²) in [5.41, 5.74) is 3.57. The van der Waals surface area contributed by atoms with Gasteiger partial charge >= 0.3 is 6.09 Å². The number of nitrogens with zero attached hydrogens (tertiary/aromatic N) is 5. The van der Waals surface area contributed by atoms with Crippen LogP contribution in [0.2, 0.25) is 0 Å². The van der Waals surface area contributed by atoms with Gasteiger partial charge in [-0.2, -0.15) is 0 Å². The van der Waals surface area contributed by atoms with Gasteiger partial charge in [-0.05, 0) is 89.5 Å². The molecule has 3 aromatic rings. The van der Waals surface area contributed by atoms with Gasteiger partial charge in [-0.3, -0.25) is 14.8 Å². The topological polar surface area (TPSA) is 72.7 Å². The van der Waals surface area contributed by atoms with E-state index in [1.165, 1.54) is 24.1 Å². The van der Waals surface area contributed by atoms with E-state index in [0.717, 1.165) is 75.3 Å². The van der Waals surface area contributed by atoms with Crippen LogP contribution < -0.4 is 0 Å². The number of pyridine rings is 1. The standard InChI is InChI=1S/C32H43N5O3/c1-32(2,3)40-31(38)37-27-11-5-4-10-26(27)34-29(37)22-36(28-12-6-8-23-9-7-17-33-30(23)28)25-15-13-24(14-16-25)35-18-20-39-21-19-35/h4-5,7,9-11,17,24-25,28H,6,8,12-16,18-22H2,1-3H3. The molecule has 8 heteroatoms. The van der Waals surface area contributed by atoms with E-state index in [4.69, 9.17) is 19.4 Å². The van der Waals surface area contributed by atoms with Gasteiger partial charge in [0.05, 0.1) is 42.5 Å². The Morgan fingerprint density at radius 3 is 2.60 bits per heavy atom. The van der Waals surface area contributed by atoms with E-state index in [1.54, 1.807) is 4.57 Å². The van der Waals surface area contributed by atoms with Crippen molar-refractivity contribution in [2.45, 2.75) is 96.0 Å². The Morgan fingerprint density at radius 2 is 1.82 bits per heavy atom. The summed E-state index contributed by atoms with van der Waals surface area (Å²) in [6, 6.07) is 13.4. The number of hydrogen-bond acceptors (Lipinski definition) is 7. The van der Waals surface area contributed by atoms with E-state index < -0.39 is 5.60 Å². The zero-order valence-corrected chi connectivity index (χ0v) is 24.2. The molecular formula is C32H43N5O3. The Hall–Kier alpha value is -2.81. The molecule has 0 N–H and O–H groups in total. The maximum Gasteiger partial charge on any atom is 0.420 e. The molecule has 1 aromatic carbocycles. The average molecular weight is 546 g/mol. The van der Waals surface area contributed by atoms with Crippen molar-refractivity contribution in [1.29, 1.82) is 0 Å². The summed E-state index contributed by atoms with van der Waals surface area (Å²) in [6.45, 7) is 10.1. The second kappa shape index (κ2) is 11.6. The molecule has 2 aliphatic carbocycles. The van der Waals surface area contributed by atoms with Crippen molar-refractivity contribution in [3.8, 4) is 0 Å². The Kier molecular flexibility index (Phi) is 7.93. The summed E-state index contributed by atoms with van der Waals surface area (Å²) in [4.78, 5) is 28.7. The fraction of sp³-hybridized carbons (Fsp3) is 0.594. The Bertz CT molecular complexity index is 1320. The number of hydrogen-bond donors (Lipinski definition) is 0. The van der Waals surface area contributed by atoms with E-state index in [-0.39, 0.29) is 12.1 Å². The number of morpholine rings is 1. The Labute approximate surface area is 237 Å². The number of fused-ring (bicyclic) bond motifs is 2. The molecule has 8 nitrogen and oxygen atoms in total. The number of aryl methyl sites for hydroxylation is 1. The minimum atomic E-state index is -0.594. The minimum Gasteiger partial charge on any atom is -0.443 e. The third-order valence-corrected chi connectivity index (χ3v) is 8.79. The number of para-hydroxylation sites is 2. The lowest BCUT2D eigenvalue weighted by molar-refractivity contribution is -0.00537. The van der Waals surface area contributed by atoms with Gasteiger partial charge in [0.2, 0.25) is 0 Å². The first-order valence-corrected chi connectivity index (χ1v) is 15.1. The molecule has 3 heterocycles. The van der Waals surface area contributed by atoms with Gasteiger partial charge in [0, 0.05) is 31.4 Å². The fourth-order valence-corrected chi connectivity index (χ4v) is 6.96. The summed E-state index contributed by atoms with van der Waals surface area (Å²) in [7, 11) is 0. The van der Waals surface area contributed by atoms with Crippen LogP contribution in [-0.4, -0.2) is 74.4 Å². The van der Waals surface area contributed by atoms with E-state index in [1.807, 2.05) is 51.2 Å². The molecule has 2 aromatic heterocycles. The second-order valence-corrected chi connectivity index (χ2v) is 12.6. The molecule has 1 atom stereocenters. The molecule has 0 radical (unpaired) electrons. The average Bonchev–Trinajstić information content (AvgIpc) is 3.34. The number of imidazole rings is 1. The van der Waals surface area contributed by atoms with Crippen LogP contribution in [0.15, 0.2) is 42.6 Å². The van der Waals surface area contributed by atoms with Crippen LogP contribution in [-0.2, 0) is 22.4 Å². The smallest absolute Gasteiger partial charge is 0.420 e. The molecule has 6 rings (SSSR count). The summed E-state index contributed by atoms with van der Waals surface area (Å²) in [5, 5.41) is 0. The van der Waals surface area contributed by atoms with Gasteiger partial charge in [0.25, 0.3) is 0 Å². The highest BCUT2D eigenvalue weighted by molar-refractivity contribution is 5.87. The summed E-state index contributed by atoms with van der Waals surface area (Å²) in [6.07, 6.45) is 9.49. The first kappa shape index (κ1) is 27.4. The predicted octanol–water partition coefficient (Wildman–Crippen LogP) is 5.74. The van der Waals surface area contributed by atoms with Crippen LogP contribution in [0, 0.1) is 0 Å². The van der Waals surface area contributed by atoms with E-state index in [0.29, 0.717) is 18.6 Å². The zero-order chi connectivity index (χ0) is 27.7. The molecule has 40 heavy (non-hydrogen) atoms. The van der Waals surface area contributed by atoms with Gasteiger partial charge in [-0.1, -0.05) is 18.2 Å². The van der Waals surface area contributed by atoms with Gasteiger partial charge in [-0.25, -0.2) is 14.3 Å². The molecular weight excluding hydrogens is 502 g/mol. The van der Waals surface area contributed by atoms with Gasteiger partial charge in [-0.15, -0.1) is 0 Å². The van der Waals surface area contributed by atoms with Gasteiger partial charge in [0.1, 0.15) is 11.4 Å². The summed E-state index contributed by atoms with van der Waals surface area (Å²) >= 11 is 0. The molecule has 1 saturated heterocycles. The van der Waals surface area contributed by atoms with E-state index >= 15 is 0 Å². The zero-order valence-electron chi connectivity index (χ0n) is 24.2. The van der Waals surface area contributed by atoms with E-state index in [2.05, 4.69) is 21.9 Å². The van der Waals surface area contributed by atoms with E-state index in [9.17, 15) is 4.79 Å². The van der Waals surface area contributed by atoms with Crippen LogP contribution in [0.1, 0.15) is 82.4 Å². The maximum atomic E-state index is 13.6. The van der Waals surface area contributed by atoms with Crippen LogP contribution in [0.25, 0.3) is 11.0 Å². The Balaban J connectivity index is 1.33. The van der Waals surface area contributed by atoms with Crippen molar-refractivity contribution >= 4 is 17.1 Å². The number of benzene rings is 1. The first-order valence-electron chi connectivity index (χ1n) is 15.1. The van der Waals surface area contributed by atoms with Crippen LogP contribution >= 0.6 is 0 Å². The SMILES string of the molecule is CC(C)(C)OC(=O)n1c(CN(C2CCC(N3CCOCC3)CC2)C2CCCc3cccnc32)nc2ccccc21. The van der Waals surface area contributed by atoms with Crippen molar-refractivity contribution in [2.75, 3.05) is 26.3 Å². The summed E-state index contributed by atoms with van der Waals surface area (Å²) < 4.78 is 13.2. The number of rotatable bonds is 5. The molecule has 3 aliphatic rings. The third kappa shape index (κ3) is 5.80. The number of ether oxygens (including phenoxy) is 2. The maximum absolute atomic E-state index is 13.6. The molecule has 1 unspecified atom stereocenters. The lowest BCUT2D eigenvalue weighted by Crippen LogP contribution is -2.48. The number of aromatic nitrogens is 3. The van der Waals surface area contributed by atoms with Gasteiger partial charge < -0.3 is 9.47 Å². The van der Waals surface area contributed by atoms with Crippen molar-refractivity contribution in [1.82, 2.24) is 24.3 Å². The van der Waals surface area contributed by atoms with Crippen molar-refractivity contribution in [3.05, 3.63) is 59.7 Å². The highest BCUT2D eigenvalue weighted by atomic mass is 16.6. The normalized spacial score (nSPS) is 24.2. The minimum absolute atomic E-state index is 0.210. The lowest BCUT2D eigenvalue weighted by atomic mass is 9.85. The molecule has 214 valence electrons. The van der Waals surface area contributed by atoms with Gasteiger partial charge in [0.15, 0.2) is 0 Å². The predicted molar refractivity (Wildman–Crippen MR) is 155 cm³/mol. The summed E-state index contributed by atoms with van der Waals surface area (Å²) in [5.74, 6) is 0.744. The first-order chi connectivity index (χ1) is 19.4. The number of carbonyl (C=O) groups is 1. The highest BCUT2D eigenvalue weighted by Crippen LogP contribution is 2.39. The largest absolute Gasteiger partial charge is 0.443 e. The van der Waals surface area contributed by atoms with Crippen molar-refractivity contribution in [3.63, 3.8) is 0 Å². The fourth-order valence-electron chi connectivity index (χ4n) is 6.96.